The molecule has 100 valence electrons. The van der Waals surface area contributed by atoms with Crippen molar-refractivity contribution in [2.75, 3.05) is 6.61 Å². The van der Waals surface area contributed by atoms with Crippen molar-refractivity contribution >= 4 is 0 Å². The second-order valence-corrected chi connectivity index (χ2v) is 5.24. The van der Waals surface area contributed by atoms with E-state index in [4.69, 9.17) is 10.5 Å². The molecule has 1 aromatic rings. The van der Waals surface area contributed by atoms with Crippen LogP contribution in [0.25, 0.3) is 0 Å². The third-order valence-corrected chi connectivity index (χ3v) is 3.73. The minimum absolute atomic E-state index is 0.134. The molecular weight excluding hydrogens is 222 g/mol. The molecule has 0 aromatic heterocycles. The minimum atomic E-state index is 0.134. The van der Waals surface area contributed by atoms with E-state index in [1.165, 1.54) is 36.8 Å². The molecule has 0 spiro atoms. The summed E-state index contributed by atoms with van der Waals surface area (Å²) >= 11 is 0. The zero-order chi connectivity index (χ0) is 12.8. The Bertz CT molecular complexity index is 375. The van der Waals surface area contributed by atoms with Gasteiger partial charge in [-0.25, -0.2) is 0 Å². The topological polar surface area (TPSA) is 35.2 Å². The maximum absolute atomic E-state index is 6.32. The fourth-order valence-corrected chi connectivity index (χ4v) is 2.65. The van der Waals surface area contributed by atoms with Gasteiger partial charge in [0, 0.05) is 11.6 Å². The molecular formula is C16H25NO. The number of unbranched alkanes of at least 4 members (excludes halogenated alkanes) is 3. The molecule has 2 N–H and O–H groups in total. The van der Waals surface area contributed by atoms with Crippen LogP contribution in [0.3, 0.4) is 0 Å². The van der Waals surface area contributed by atoms with Crippen molar-refractivity contribution in [2.45, 2.75) is 57.9 Å². The molecule has 1 aromatic carbocycles. The standard InChI is InChI=1S/C16H25NO/c1-2-3-4-5-11-15(17)14-10-6-8-13-9-7-12-18-16(13)14/h6,8,10,15H,2-5,7,9,11-12,17H2,1H3. The van der Waals surface area contributed by atoms with Crippen molar-refractivity contribution in [1.29, 1.82) is 0 Å². The van der Waals surface area contributed by atoms with E-state index in [2.05, 4.69) is 25.1 Å². The van der Waals surface area contributed by atoms with Crippen LogP contribution in [-0.2, 0) is 6.42 Å². The number of aryl methyl sites for hydroxylation is 1. The van der Waals surface area contributed by atoms with Crippen LogP contribution in [0, 0.1) is 0 Å². The first-order chi connectivity index (χ1) is 8.83. The summed E-state index contributed by atoms with van der Waals surface area (Å²) in [5.74, 6) is 1.08. The van der Waals surface area contributed by atoms with Gasteiger partial charge in [0.1, 0.15) is 5.75 Å². The summed E-state index contributed by atoms with van der Waals surface area (Å²) in [6, 6.07) is 6.56. The third kappa shape index (κ3) is 3.26. The van der Waals surface area contributed by atoms with E-state index >= 15 is 0 Å². The Morgan fingerprint density at radius 3 is 3.00 bits per heavy atom. The lowest BCUT2D eigenvalue weighted by atomic mass is 9.95. The predicted octanol–water partition coefficient (Wildman–Crippen LogP) is 3.98. The van der Waals surface area contributed by atoms with Gasteiger partial charge in [0.05, 0.1) is 6.61 Å². The maximum Gasteiger partial charge on any atom is 0.127 e. The number of fused-ring (bicyclic) bond motifs is 1. The average Bonchev–Trinajstić information content (AvgIpc) is 2.43. The Labute approximate surface area is 111 Å². The van der Waals surface area contributed by atoms with E-state index in [1.54, 1.807) is 0 Å². The number of hydrogen-bond donors (Lipinski definition) is 1. The number of nitrogens with two attached hydrogens (primary N) is 1. The highest BCUT2D eigenvalue weighted by Gasteiger charge is 2.18. The predicted molar refractivity (Wildman–Crippen MR) is 75.9 cm³/mol. The molecule has 0 aliphatic carbocycles. The molecule has 0 bridgehead atoms. The van der Waals surface area contributed by atoms with Gasteiger partial charge < -0.3 is 10.5 Å². The fraction of sp³-hybridized carbons (Fsp3) is 0.625. The minimum Gasteiger partial charge on any atom is -0.493 e. The van der Waals surface area contributed by atoms with Crippen LogP contribution in [0.15, 0.2) is 18.2 Å². The van der Waals surface area contributed by atoms with Crippen LogP contribution in [0.1, 0.15) is 62.6 Å². The molecule has 0 fully saturated rings. The van der Waals surface area contributed by atoms with Gasteiger partial charge in [-0.1, -0.05) is 50.8 Å². The summed E-state index contributed by atoms with van der Waals surface area (Å²) in [4.78, 5) is 0. The van der Waals surface area contributed by atoms with Crippen molar-refractivity contribution in [2.24, 2.45) is 5.73 Å². The Morgan fingerprint density at radius 1 is 1.28 bits per heavy atom. The van der Waals surface area contributed by atoms with Gasteiger partial charge in [0.2, 0.25) is 0 Å². The molecule has 18 heavy (non-hydrogen) atoms. The highest BCUT2D eigenvalue weighted by atomic mass is 16.5. The lowest BCUT2D eigenvalue weighted by Crippen LogP contribution is -2.16. The quantitative estimate of drug-likeness (QED) is 0.772. The van der Waals surface area contributed by atoms with Crippen molar-refractivity contribution < 1.29 is 4.74 Å². The van der Waals surface area contributed by atoms with Crippen molar-refractivity contribution in [3.05, 3.63) is 29.3 Å². The van der Waals surface area contributed by atoms with Gasteiger partial charge in [-0.2, -0.15) is 0 Å². The van der Waals surface area contributed by atoms with Crippen molar-refractivity contribution in [3.63, 3.8) is 0 Å². The van der Waals surface area contributed by atoms with E-state index in [-0.39, 0.29) is 6.04 Å². The molecule has 2 nitrogen and oxygen atoms in total. The van der Waals surface area contributed by atoms with Crippen LogP contribution in [0.5, 0.6) is 5.75 Å². The molecule has 0 saturated carbocycles. The van der Waals surface area contributed by atoms with Crippen LogP contribution >= 0.6 is 0 Å². The summed E-state index contributed by atoms with van der Waals surface area (Å²) in [7, 11) is 0. The summed E-state index contributed by atoms with van der Waals surface area (Å²) in [6.07, 6.45) is 8.43. The van der Waals surface area contributed by atoms with Crippen LogP contribution in [0.2, 0.25) is 0 Å². The van der Waals surface area contributed by atoms with Crippen LogP contribution < -0.4 is 10.5 Å². The molecule has 1 aliphatic heterocycles. The van der Waals surface area contributed by atoms with E-state index in [1.807, 2.05) is 0 Å². The zero-order valence-corrected chi connectivity index (χ0v) is 11.5. The molecule has 1 atom stereocenters. The van der Waals surface area contributed by atoms with Crippen molar-refractivity contribution in [3.8, 4) is 5.75 Å². The van der Waals surface area contributed by atoms with E-state index in [0.29, 0.717) is 0 Å². The number of rotatable bonds is 6. The summed E-state index contributed by atoms with van der Waals surface area (Å²) in [5, 5.41) is 0. The second-order valence-electron chi connectivity index (χ2n) is 5.24. The average molecular weight is 247 g/mol. The summed E-state index contributed by atoms with van der Waals surface area (Å²) in [5.41, 5.74) is 8.87. The molecule has 2 rings (SSSR count). The normalized spacial score (nSPS) is 15.9. The van der Waals surface area contributed by atoms with Gasteiger partial charge in [-0.05, 0) is 24.8 Å². The molecule has 1 heterocycles. The number of para-hydroxylation sites is 1. The van der Waals surface area contributed by atoms with E-state index in [9.17, 15) is 0 Å². The van der Waals surface area contributed by atoms with Crippen LogP contribution in [-0.4, -0.2) is 6.61 Å². The summed E-state index contributed by atoms with van der Waals surface area (Å²) in [6.45, 7) is 3.08. The number of benzene rings is 1. The fourth-order valence-electron chi connectivity index (χ4n) is 2.65. The second kappa shape index (κ2) is 6.79. The third-order valence-electron chi connectivity index (χ3n) is 3.73. The highest BCUT2D eigenvalue weighted by Crippen LogP contribution is 2.33. The largest absolute Gasteiger partial charge is 0.493 e. The van der Waals surface area contributed by atoms with Gasteiger partial charge in [0.25, 0.3) is 0 Å². The Hall–Kier alpha value is -1.02. The number of hydrogen-bond acceptors (Lipinski definition) is 2. The van der Waals surface area contributed by atoms with Crippen LogP contribution in [0.4, 0.5) is 0 Å². The molecule has 1 unspecified atom stereocenters. The zero-order valence-electron chi connectivity index (χ0n) is 11.5. The monoisotopic (exact) mass is 247 g/mol. The van der Waals surface area contributed by atoms with E-state index < -0.39 is 0 Å². The molecule has 0 radical (unpaired) electrons. The lowest BCUT2D eigenvalue weighted by Gasteiger charge is -2.23. The van der Waals surface area contributed by atoms with Gasteiger partial charge >= 0.3 is 0 Å². The first-order valence-electron chi connectivity index (χ1n) is 7.33. The van der Waals surface area contributed by atoms with Gasteiger partial charge in [-0.15, -0.1) is 0 Å². The van der Waals surface area contributed by atoms with E-state index in [0.717, 1.165) is 31.6 Å². The van der Waals surface area contributed by atoms with Gasteiger partial charge in [0.15, 0.2) is 0 Å². The Kier molecular flexibility index (Phi) is 5.06. The first-order valence-corrected chi connectivity index (χ1v) is 7.33. The molecule has 0 saturated heterocycles. The highest BCUT2D eigenvalue weighted by molar-refractivity contribution is 5.44. The van der Waals surface area contributed by atoms with Gasteiger partial charge in [-0.3, -0.25) is 0 Å². The first kappa shape index (κ1) is 13.4. The smallest absolute Gasteiger partial charge is 0.127 e. The Morgan fingerprint density at radius 2 is 2.17 bits per heavy atom. The maximum atomic E-state index is 6.32. The molecule has 2 heteroatoms. The molecule has 1 aliphatic rings. The summed E-state index contributed by atoms with van der Waals surface area (Å²) < 4.78 is 5.82. The molecule has 0 amide bonds. The SMILES string of the molecule is CCCCCCC(N)c1cccc2c1OCCC2. The number of ether oxygens (including phenoxy) is 1. The van der Waals surface area contributed by atoms with Crippen molar-refractivity contribution in [1.82, 2.24) is 0 Å². The lowest BCUT2D eigenvalue weighted by molar-refractivity contribution is 0.282. The Balaban J connectivity index is 1.99.